The molecule has 0 saturated carbocycles. The number of aromatic nitrogens is 3. The maximum Gasteiger partial charge on any atom is 0.223 e. The number of hydrogen-bond acceptors (Lipinski definition) is 7. The first-order chi connectivity index (χ1) is 10.2. The highest BCUT2D eigenvalue weighted by Crippen LogP contribution is 2.18. The fraction of sp³-hybridized carbons (Fsp3) is 0.643. The molecule has 0 aromatic carbocycles. The Morgan fingerprint density at radius 2 is 2.43 bits per heavy atom. The van der Waals surface area contributed by atoms with Crippen LogP contribution in [0.2, 0.25) is 0 Å². The molecule has 0 amide bonds. The molecule has 114 valence electrons. The quantitative estimate of drug-likeness (QED) is 0.841. The first-order valence-corrected chi connectivity index (χ1v) is 8.24. The SMILES string of the molecule is Cc1nc(CN2CCCC(N(C)Cc3cscn3)C2)no1. The van der Waals surface area contributed by atoms with Gasteiger partial charge in [-0.05, 0) is 26.4 Å². The van der Waals surface area contributed by atoms with Crippen molar-refractivity contribution in [2.45, 2.75) is 38.9 Å². The standard InChI is InChI=1S/C14H21N5OS/c1-11-16-14(17-20-11)8-19-5-3-4-13(7-19)18(2)6-12-9-21-10-15-12/h9-10,13H,3-8H2,1-2H3. The molecule has 1 aliphatic heterocycles. The fourth-order valence-corrected chi connectivity index (χ4v) is 3.39. The summed E-state index contributed by atoms with van der Waals surface area (Å²) >= 11 is 1.66. The Kier molecular flexibility index (Phi) is 4.62. The summed E-state index contributed by atoms with van der Waals surface area (Å²) in [5.74, 6) is 1.43. The molecule has 3 heterocycles. The number of aryl methyl sites for hydroxylation is 1. The summed E-state index contributed by atoms with van der Waals surface area (Å²) < 4.78 is 5.05. The van der Waals surface area contributed by atoms with Crippen LogP contribution >= 0.6 is 11.3 Å². The molecule has 1 aliphatic rings. The van der Waals surface area contributed by atoms with E-state index in [0.29, 0.717) is 11.9 Å². The van der Waals surface area contributed by atoms with Crippen LogP contribution in [0.1, 0.15) is 30.3 Å². The Morgan fingerprint density at radius 1 is 1.52 bits per heavy atom. The minimum atomic E-state index is 0.563. The normalized spacial score (nSPS) is 20.2. The highest BCUT2D eigenvalue weighted by atomic mass is 32.1. The lowest BCUT2D eigenvalue weighted by atomic mass is 10.0. The number of hydrogen-bond donors (Lipinski definition) is 0. The third-order valence-electron chi connectivity index (χ3n) is 3.93. The Hall–Kier alpha value is -1.31. The van der Waals surface area contributed by atoms with Crippen LogP contribution < -0.4 is 0 Å². The van der Waals surface area contributed by atoms with Crippen LogP contribution in [-0.4, -0.2) is 51.1 Å². The van der Waals surface area contributed by atoms with Gasteiger partial charge in [0.05, 0.1) is 17.7 Å². The highest BCUT2D eigenvalue weighted by Gasteiger charge is 2.24. The summed E-state index contributed by atoms with van der Waals surface area (Å²) in [5.41, 5.74) is 3.06. The van der Waals surface area contributed by atoms with Gasteiger partial charge in [0.2, 0.25) is 5.89 Å². The van der Waals surface area contributed by atoms with Crippen molar-refractivity contribution in [3.63, 3.8) is 0 Å². The molecule has 2 aromatic rings. The largest absolute Gasteiger partial charge is 0.340 e. The molecular weight excluding hydrogens is 286 g/mol. The van der Waals surface area contributed by atoms with Gasteiger partial charge in [-0.25, -0.2) is 4.98 Å². The second-order valence-corrected chi connectivity index (χ2v) is 6.37. The molecule has 1 atom stereocenters. The van der Waals surface area contributed by atoms with Crippen molar-refractivity contribution in [3.05, 3.63) is 28.3 Å². The van der Waals surface area contributed by atoms with Crippen LogP contribution in [0.15, 0.2) is 15.4 Å². The lowest BCUT2D eigenvalue weighted by molar-refractivity contribution is 0.104. The predicted octanol–water partition coefficient (Wildman–Crippen LogP) is 1.93. The number of likely N-dealkylation sites (N-methyl/N-ethyl adjacent to an activating group) is 1. The molecule has 0 aliphatic carbocycles. The molecule has 0 spiro atoms. The number of thiazole rings is 1. The van der Waals surface area contributed by atoms with E-state index in [0.717, 1.165) is 37.7 Å². The lowest BCUT2D eigenvalue weighted by Crippen LogP contribution is -2.45. The minimum absolute atomic E-state index is 0.563. The molecule has 3 rings (SSSR count). The number of likely N-dealkylation sites (tertiary alicyclic amines) is 1. The van der Waals surface area contributed by atoms with E-state index < -0.39 is 0 Å². The molecule has 0 N–H and O–H groups in total. The van der Waals surface area contributed by atoms with Crippen molar-refractivity contribution in [2.75, 3.05) is 20.1 Å². The van der Waals surface area contributed by atoms with Crippen molar-refractivity contribution < 1.29 is 4.52 Å². The van der Waals surface area contributed by atoms with Gasteiger partial charge in [-0.2, -0.15) is 4.98 Å². The zero-order valence-electron chi connectivity index (χ0n) is 12.5. The van der Waals surface area contributed by atoms with Crippen LogP contribution in [0.4, 0.5) is 0 Å². The minimum Gasteiger partial charge on any atom is -0.340 e. The summed E-state index contributed by atoms with van der Waals surface area (Å²) in [6.45, 7) is 5.68. The predicted molar refractivity (Wildman–Crippen MR) is 80.9 cm³/mol. The van der Waals surface area contributed by atoms with Gasteiger partial charge in [0, 0.05) is 31.4 Å². The third-order valence-corrected chi connectivity index (χ3v) is 4.57. The first kappa shape index (κ1) is 14.6. The van der Waals surface area contributed by atoms with Gasteiger partial charge in [-0.1, -0.05) is 5.16 Å². The second kappa shape index (κ2) is 6.64. The van der Waals surface area contributed by atoms with Gasteiger partial charge in [0.15, 0.2) is 5.82 Å². The molecule has 1 unspecified atom stereocenters. The van der Waals surface area contributed by atoms with Gasteiger partial charge >= 0.3 is 0 Å². The van der Waals surface area contributed by atoms with E-state index >= 15 is 0 Å². The van der Waals surface area contributed by atoms with Crippen molar-refractivity contribution in [3.8, 4) is 0 Å². The first-order valence-electron chi connectivity index (χ1n) is 7.29. The van der Waals surface area contributed by atoms with E-state index in [2.05, 4.69) is 37.4 Å². The summed E-state index contributed by atoms with van der Waals surface area (Å²) in [7, 11) is 2.19. The third kappa shape index (κ3) is 3.87. The Morgan fingerprint density at radius 3 is 3.14 bits per heavy atom. The van der Waals surface area contributed by atoms with Gasteiger partial charge in [0.25, 0.3) is 0 Å². The smallest absolute Gasteiger partial charge is 0.223 e. The maximum atomic E-state index is 5.05. The second-order valence-electron chi connectivity index (χ2n) is 5.66. The lowest BCUT2D eigenvalue weighted by Gasteiger charge is -2.36. The van der Waals surface area contributed by atoms with E-state index in [4.69, 9.17) is 4.52 Å². The number of rotatable bonds is 5. The molecule has 2 aromatic heterocycles. The monoisotopic (exact) mass is 307 g/mol. The molecule has 7 heteroatoms. The molecule has 0 bridgehead atoms. The van der Waals surface area contributed by atoms with Gasteiger partial charge < -0.3 is 4.52 Å². The Bertz CT molecular complexity index is 555. The van der Waals surface area contributed by atoms with E-state index in [9.17, 15) is 0 Å². The van der Waals surface area contributed by atoms with Gasteiger partial charge in [-0.15, -0.1) is 11.3 Å². The zero-order chi connectivity index (χ0) is 14.7. The van der Waals surface area contributed by atoms with E-state index in [1.165, 1.54) is 12.8 Å². The van der Waals surface area contributed by atoms with E-state index in [1.807, 2.05) is 12.4 Å². The van der Waals surface area contributed by atoms with E-state index in [1.54, 1.807) is 11.3 Å². The maximum absolute atomic E-state index is 5.05. The summed E-state index contributed by atoms with van der Waals surface area (Å²) in [4.78, 5) is 13.5. The van der Waals surface area contributed by atoms with Gasteiger partial charge in [-0.3, -0.25) is 9.80 Å². The summed E-state index contributed by atoms with van der Waals surface area (Å²) in [6, 6.07) is 0.563. The van der Waals surface area contributed by atoms with Crippen LogP contribution in [0.25, 0.3) is 0 Å². The van der Waals surface area contributed by atoms with Crippen LogP contribution in [0, 0.1) is 6.92 Å². The highest BCUT2D eigenvalue weighted by molar-refractivity contribution is 7.07. The summed E-state index contributed by atoms with van der Waals surface area (Å²) in [5, 5.41) is 6.11. The van der Waals surface area contributed by atoms with E-state index in [-0.39, 0.29) is 0 Å². The van der Waals surface area contributed by atoms with Crippen molar-refractivity contribution in [2.24, 2.45) is 0 Å². The molecule has 0 radical (unpaired) electrons. The average Bonchev–Trinajstić information content (AvgIpc) is 3.11. The molecular formula is C14H21N5OS. The molecule has 1 fully saturated rings. The van der Waals surface area contributed by atoms with Crippen molar-refractivity contribution in [1.29, 1.82) is 0 Å². The topological polar surface area (TPSA) is 58.3 Å². The molecule has 1 saturated heterocycles. The van der Waals surface area contributed by atoms with Crippen LogP contribution in [0.3, 0.4) is 0 Å². The Labute approximate surface area is 128 Å². The van der Waals surface area contributed by atoms with Crippen LogP contribution in [0.5, 0.6) is 0 Å². The summed E-state index contributed by atoms with van der Waals surface area (Å²) in [6.07, 6.45) is 2.45. The molecule has 6 nitrogen and oxygen atoms in total. The average molecular weight is 307 g/mol. The number of nitrogens with zero attached hydrogens (tertiary/aromatic N) is 5. The van der Waals surface area contributed by atoms with Crippen molar-refractivity contribution in [1.82, 2.24) is 24.9 Å². The molecule has 21 heavy (non-hydrogen) atoms. The Balaban J connectivity index is 1.55. The fourth-order valence-electron chi connectivity index (χ4n) is 2.84. The zero-order valence-corrected chi connectivity index (χ0v) is 13.3. The number of piperidine rings is 1. The van der Waals surface area contributed by atoms with Crippen molar-refractivity contribution >= 4 is 11.3 Å². The van der Waals surface area contributed by atoms with Crippen LogP contribution in [-0.2, 0) is 13.1 Å². The van der Waals surface area contributed by atoms with Gasteiger partial charge in [0.1, 0.15) is 0 Å².